The average Bonchev–Trinajstić information content (AvgIpc) is 3.22. The molecule has 3 rings (SSSR count). The van der Waals surface area contributed by atoms with Crippen LogP contribution in [0.4, 0.5) is 5.69 Å². The fraction of sp³-hybridized carbons (Fsp3) is 0.286. The third kappa shape index (κ3) is 4.90. The Hall–Kier alpha value is -1.96. The van der Waals surface area contributed by atoms with Gasteiger partial charge in [0.15, 0.2) is 0 Å². The molecule has 2 amide bonds. The first-order valence-corrected chi connectivity index (χ1v) is 11.1. The second-order valence-electron chi connectivity index (χ2n) is 6.77. The number of thioether (sulfide) groups is 1. The van der Waals surface area contributed by atoms with E-state index in [1.54, 1.807) is 16.2 Å². The normalized spacial score (nSPS) is 15.5. The standard InChI is InChI=1S/C21H22N2O2S3/c1-13-10-14(2)19(15(3)11-13)22-18(24)7-4-8-23-20(25)17(28-21(23)26)12-16-6-5-9-27-16/h5-6,9-12H,4,7-8H2,1-3H3,(H,22,24)/b17-12-. The molecule has 0 atom stereocenters. The van der Waals surface area contributed by atoms with Crippen molar-refractivity contribution >= 4 is 63.2 Å². The Morgan fingerprint density at radius 2 is 1.96 bits per heavy atom. The lowest BCUT2D eigenvalue weighted by Gasteiger charge is -2.15. The van der Waals surface area contributed by atoms with Crippen molar-refractivity contribution in [3.05, 3.63) is 56.1 Å². The Morgan fingerprint density at radius 1 is 1.25 bits per heavy atom. The number of aryl methyl sites for hydroxylation is 3. The van der Waals surface area contributed by atoms with Gasteiger partial charge in [0.2, 0.25) is 5.91 Å². The highest BCUT2D eigenvalue weighted by atomic mass is 32.2. The summed E-state index contributed by atoms with van der Waals surface area (Å²) in [4.78, 5) is 28.2. The minimum absolute atomic E-state index is 0.0466. The Morgan fingerprint density at radius 3 is 2.61 bits per heavy atom. The summed E-state index contributed by atoms with van der Waals surface area (Å²) >= 11 is 8.26. The van der Waals surface area contributed by atoms with Crippen molar-refractivity contribution < 1.29 is 9.59 Å². The van der Waals surface area contributed by atoms with E-state index in [0.29, 0.717) is 28.6 Å². The van der Waals surface area contributed by atoms with Crippen LogP contribution in [0.5, 0.6) is 0 Å². The van der Waals surface area contributed by atoms with Crippen LogP contribution in [0.1, 0.15) is 34.4 Å². The van der Waals surface area contributed by atoms with Crippen LogP contribution in [0.3, 0.4) is 0 Å². The number of benzene rings is 1. The van der Waals surface area contributed by atoms with E-state index in [1.165, 1.54) is 17.3 Å². The summed E-state index contributed by atoms with van der Waals surface area (Å²) in [5.74, 6) is -0.122. The Balaban J connectivity index is 1.54. The van der Waals surface area contributed by atoms with E-state index in [0.717, 1.165) is 21.7 Å². The Kier molecular flexibility index (Phi) is 6.69. The number of thiocarbonyl (C=S) groups is 1. The number of thiophene rings is 1. The van der Waals surface area contributed by atoms with Crippen molar-refractivity contribution in [2.24, 2.45) is 0 Å². The molecule has 0 radical (unpaired) electrons. The molecular weight excluding hydrogens is 408 g/mol. The van der Waals surface area contributed by atoms with Crippen LogP contribution < -0.4 is 5.32 Å². The van der Waals surface area contributed by atoms with Crippen LogP contribution in [0.15, 0.2) is 34.6 Å². The van der Waals surface area contributed by atoms with Crippen molar-refractivity contribution in [3.8, 4) is 0 Å². The minimum atomic E-state index is -0.0750. The van der Waals surface area contributed by atoms with Gasteiger partial charge in [-0.15, -0.1) is 11.3 Å². The molecule has 0 unspecified atom stereocenters. The fourth-order valence-electron chi connectivity index (χ4n) is 3.17. The lowest BCUT2D eigenvalue weighted by Crippen LogP contribution is -2.29. The summed E-state index contributed by atoms with van der Waals surface area (Å²) in [6, 6.07) is 8.04. The fourth-order valence-corrected chi connectivity index (χ4v) is 5.20. The first-order valence-electron chi connectivity index (χ1n) is 9.01. The van der Waals surface area contributed by atoms with Crippen LogP contribution in [-0.4, -0.2) is 27.6 Å². The van der Waals surface area contributed by atoms with Crippen LogP contribution in [-0.2, 0) is 9.59 Å². The van der Waals surface area contributed by atoms with Gasteiger partial charge in [0.05, 0.1) is 4.91 Å². The maximum atomic E-state index is 12.6. The minimum Gasteiger partial charge on any atom is -0.326 e. The molecule has 0 saturated carbocycles. The van der Waals surface area contributed by atoms with Gasteiger partial charge in [0, 0.05) is 23.5 Å². The summed E-state index contributed by atoms with van der Waals surface area (Å²) in [5.41, 5.74) is 4.17. The molecule has 0 aliphatic carbocycles. The highest BCUT2D eigenvalue weighted by molar-refractivity contribution is 8.26. The molecule has 1 aliphatic heterocycles. The zero-order valence-electron chi connectivity index (χ0n) is 16.1. The number of anilines is 1. The molecule has 4 nitrogen and oxygen atoms in total. The average molecular weight is 431 g/mol. The van der Waals surface area contributed by atoms with Crippen molar-refractivity contribution in [1.29, 1.82) is 0 Å². The van der Waals surface area contributed by atoms with Gasteiger partial charge < -0.3 is 5.32 Å². The van der Waals surface area contributed by atoms with E-state index >= 15 is 0 Å². The van der Waals surface area contributed by atoms with Gasteiger partial charge in [0.25, 0.3) is 5.91 Å². The number of rotatable bonds is 6. The SMILES string of the molecule is Cc1cc(C)c(NC(=O)CCCN2C(=O)/C(=C/c3cccs3)SC2=S)c(C)c1. The summed E-state index contributed by atoms with van der Waals surface area (Å²) in [7, 11) is 0. The maximum absolute atomic E-state index is 12.6. The number of nitrogens with one attached hydrogen (secondary N) is 1. The predicted molar refractivity (Wildman–Crippen MR) is 123 cm³/mol. The molecule has 1 aliphatic rings. The Labute approximate surface area is 179 Å². The summed E-state index contributed by atoms with van der Waals surface area (Å²) in [6.45, 7) is 6.48. The number of carbonyl (C=O) groups is 2. The van der Waals surface area contributed by atoms with Gasteiger partial charge in [-0.05, 0) is 55.8 Å². The maximum Gasteiger partial charge on any atom is 0.266 e. The molecule has 7 heteroatoms. The molecular formula is C21H22N2O2S3. The highest BCUT2D eigenvalue weighted by Gasteiger charge is 2.31. The Bertz CT molecular complexity index is 926. The molecule has 1 aromatic heterocycles. The van der Waals surface area contributed by atoms with Crippen molar-refractivity contribution in [3.63, 3.8) is 0 Å². The van der Waals surface area contributed by atoms with E-state index < -0.39 is 0 Å². The van der Waals surface area contributed by atoms with Crippen LogP contribution in [0, 0.1) is 20.8 Å². The third-order valence-corrected chi connectivity index (χ3v) is 6.61. The van der Waals surface area contributed by atoms with Gasteiger partial charge in [0.1, 0.15) is 4.32 Å². The molecule has 1 fully saturated rings. The zero-order valence-corrected chi connectivity index (χ0v) is 18.5. The lowest BCUT2D eigenvalue weighted by molar-refractivity contribution is -0.122. The number of hydrogen-bond acceptors (Lipinski definition) is 5. The largest absolute Gasteiger partial charge is 0.326 e. The van der Waals surface area contributed by atoms with Crippen LogP contribution in [0.25, 0.3) is 6.08 Å². The highest BCUT2D eigenvalue weighted by Crippen LogP contribution is 2.33. The second kappa shape index (κ2) is 9.03. The number of amides is 2. The van der Waals surface area contributed by atoms with Gasteiger partial charge in [-0.1, -0.05) is 47.7 Å². The van der Waals surface area contributed by atoms with E-state index in [4.69, 9.17) is 12.2 Å². The van der Waals surface area contributed by atoms with E-state index in [-0.39, 0.29) is 11.8 Å². The van der Waals surface area contributed by atoms with Gasteiger partial charge in [-0.2, -0.15) is 0 Å². The number of hydrogen-bond donors (Lipinski definition) is 1. The molecule has 2 aromatic rings. The molecule has 1 aromatic carbocycles. The molecule has 0 bridgehead atoms. The predicted octanol–water partition coefficient (Wildman–Crippen LogP) is 5.29. The van der Waals surface area contributed by atoms with Crippen molar-refractivity contribution in [2.75, 3.05) is 11.9 Å². The molecule has 28 heavy (non-hydrogen) atoms. The van der Waals surface area contributed by atoms with Gasteiger partial charge in [-0.25, -0.2) is 0 Å². The van der Waals surface area contributed by atoms with Crippen LogP contribution >= 0.6 is 35.3 Å². The molecule has 146 valence electrons. The topological polar surface area (TPSA) is 49.4 Å². The second-order valence-corrected chi connectivity index (χ2v) is 9.43. The summed E-state index contributed by atoms with van der Waals surface area (Å²) < 4.78 is 0.554. The lowest BCUT2D eigenvalue weighted by atomic mass is 10.0. The third-order valence-electron chi connectivity index (χ3n) is 4.42. The summed E-state index contributed by atoms with van der Waals surface area (Å²) in [6.07, 6.45) is 2.78. The quantitative estimate of drug-likeness (QED) is 0.499. The monoisotopic (exact) mass is 430 g/mol. The smallest absolute Gasteiger partial charge is 0.266 e. The van der Waals surface area contributed by atoms with E-state index in [9.17, 15) is 9.59 Å². The zero-order chi connectivity index (χ0) is 20.3. The first kappa shape index (κ1) is 20.8. The van der Waals surface area contributed by atoms with E-state index in [1.807, 2.05) is 44.4 Å². The van der Waals surface area contributed by atoms with E-state index in [2.05, 4.69) is 17.4 Å². The summed E-state index contributed by atoms with van der Waals surface area (Å²) in [5, 5.41) is 4.98. The molecule has 1 saturated heterocycles. The van der Waals surface area contributed by atoms with Crippen molar-refractivity contribution in [1.82, 2.24) is 4.90 Å². The van der Waals surface area contributed by atoms with Crippen molar-refractivity contribution in [2.45, 2.75) is 33.6 Å². The van der Waals surface area contributed by atoms with Gasteiger partial charge >= 0.3 is 0 Å². The number of carbonyl (C=O) groups excluding carboxylic acids is 2. The van der Waals surface area contributed by atoms with Gasteiger partial charge in [-0.3, -0.25) is 14.5 Å². The molecule has 0 spiro atoms. The van der Waals surface area contributed by atoms with Crippen LogP contribution in [0.2, 0.25) is 0 Å². The number of nitrogens with zero attached hydrogens (tertiary/aromatic N) is 1. The first-order chi connectivity index (χ1) is 13.3. The molecule has 1 N–H and O–H groups in total. The molecule has 2 heterocycles.